The van der Waals surface area contributed by atoms with E-state index in [1.54, 1.807) is 0 Å². The van der Waals surface area contributed by atoms with E-state index in [9.17, 15) is 0 Å². The molecule has 0 saturated heterocycles. The van der Waals surface area contributed by atoms with Gasteiger partial charge < -0.3 is 10.2 Å². The summed E-state index contributed by atoms with van der Waals surface area (Å²) in [4.78, 5) is 7.02. The van der Waals surface area contributed by atoms with Crippen LogP contribution >= 0.6 is 15.9 Å². The average Bonchev–Trinajstić information content (AvgIpc) is 2.54. The Labute approximate surface area is 148 Å². The van der Waals surface area contributed by atoms with Crippen LogP contribution in [0.4, 0.5) is 5.69 Å². The number of nitrogens with one attached hydrogen (secondary N) is 1. The number of rotatable bonds is 8. The van der Waals surface area contributed by atoms with Crippen molar-refractivity contribution in [1.82, 2.24) is 9.88 Å². The molecule has 0 aliphatic rings. The van der Waals surface area contributed by atoms with Crippen molar-refractivity contribution in [1.29, 1.82) is 0 Å². The van der Waals surface area contributed by atoms with Crippen molar-refractivity contribution < 1.29 is 0 Å². The highest BCUT2D eigenvalue weighted by atomic mass is 79.9. The highest BCUT2D eigenvalue weighted by Crippen LogP contribution is 2.28. The van der Waals surface area contributed by atoms with E-state index in [1.807, 2.05) is 6.20 Å². The van der Waals surface area contributed by atoms with Gasteiger partial charge in [-0.3, -0.25) is 4.98 Å². The van der Waals surface area contributed by atoms with Crippen molar-refractivity contribution in [3.05, 3.63) is 34.4 Å². The molecule has 1 N–H and O–H groups in total. The van der Waals surface area contributed by atoms with Crippen LogP contribution in [0.25, 0.3) is 10.9 Å². The summed E-state index contributed by atoms with van der Waals surface area (Å²) < 4.78 is 1.07. The van der Waals surface area contributed by atoms with E-state index in [2.05, 4.69) is 77.0 Å². The molecule has 0 spiro atoms. The molecule has 126 valence electrons. The quantitative estimate of drug-likeness (QED) is 0.682. The summed E-state index contributed by atoms with van der Waals surface area (Å²) >= 11 is 3.52. The zero-order valence-corrected chi connectivity index (χ0v) is 16.3. The summed E-state index contributed by atoms with van der Waals surface area (Å²) in [5, 5.41) is 4.91. The first kappa shape index (κ1) is 18.2. The second kappa shape index (κ2) is 8.65. The minimum atomic E-state index is 0.457. The van der Waals surface area contributed by atoms with Crippen molar-refractivity contribution in [3.8, 4) is 0 Å². The Morgan fingerprint density at radius 2 is 2.00 bits per heavy atom. The normalized spacial score (nSPS) is 12.8. The topological polar surface area (TPSA) is 28.2 Å². The van der Waals surface area contributed by atoms with E-state index in [4.69, 9.17) is 0 Å². The predicted molar refractivity (Wildman–Crippen MR) is 104 cm³/mol. The van der Waals surface area contributed by atoms with Gasteiger partial charge in [0, 0.05) is 27.8 Å². The fourth-order valence-electron chi connectivity index (χ4n) is 2.94. The molecule has 0 amide bonds. The lowest BCUT2D eigenvalue weighted by Gasteiger charge is -2.21. The maximum atomic E-state index is 4.54. The lowest BCUT2D eigenvalue weighted by molar-refractivity contribution is 0.295. The molecule has 0 fully saturated rings. The molecule has 1 atom stereocenters. The standard InChI is InChI=1S/C19H28BrN3/c1-5-23(6-2)11-7-8-15(4)22-19-14(3)13-21-18-12-16(20)9-10-17(18)19/h9-10,12-13,15H,5-8,11H2,1-4H3,(H,21,22). The number of hydrogen-bond acceptors (Lipinski definition) is 3. The third kappa shape index (κ3) is 4.92. The number of aromatic nitrogens is 1. The molecule has 2 aromatic rings. The van der Waals surface area contributed by atoms with Gasteiger partial charge in [0.1, 0.15) is 0 Å². The number of aryl methyl sites for hydroxylation is 1. The van der Waals surface area contributed by atoms with Crippen LogP contribution in [0.1, 0.15) is 39.2 Å². The lowest BCUT2D eigenvalue weighted by Crippen LogP contribution is -2.25. The Hall–Kier alpha value is -1.13. The van der Waals surface area contributed by atoms with E-state index < -0.39 is 0 Å². The van der Waals surface area contributed by atoms with Crippen molar-refractivity contribution in [2.24, 2.45) is 0 Å². The molecular formula is C19H28BrN3. The van der Waals surface area contributed by atoms with Gasteiger partial charge in [-0.1, -0.05) is 29.8 Å². The molecule has 1 aromatic heterocycles. The number of halogens is 1. The summed E-state index contributed by atoms with van der Waals surface area (Å²) in [7, 11) is 0. The van der Waals surface area contributed by atoms with Crippen molar-refractivity contribution in [2.45, 2.75) is 46.6 Å². The zero-order chi connectivity index (χ0) is 16.8. The van der Waals surface area contributed by atoms with Gasteiger partial charge >= 0.3 is 0 Å². The number of nitrogens with zero attached hydrogens (tertiary/aromatic N) is 2. The molecule has 1 unspecified atom stereocenters. The summed E-state index contributed by atoms with van der Waals surface area (Å²) in [6, 6.07) is 6.76. The highest BCUT2D eigenvalue weighted by Gasteiger charge is 2.10. The second-order valence-corrected chi connectivity index (χ2v) is 7.11. The molecule has 23 heavy (non-hydrogen) atoms. The van der Waals surface area contributed by atoms with Crippen molar-refractivity contribution in [2.75, 3.05) is 25.0 Å². The lowest BCUT2D eigenvalue weighted by atomic mass is 10.1. The molecule has 0 aliphatic carbocycles. The second-order valence-electron chi connectivity index (χ2n) is 6.19. The molecule has 3 nitrogen and oxygen atoms in total. The number of pyridine rings is 1. The minimum absolute atomic E-state index is 0.457. The monoisotopic (exact) mass is 377 g/mol. The Morgan fingerprint density at radius 1 is 1.26 bits per heavy atom. The van der Waals surface area contributed by atoms with Gasteiger partial charge in [0.25, 0.3) is 0 Å². The Balaban J connectivity index is 2.04. The first-order valence-corrected chi connectivity index (χ1v) is 9.38. The SMILES string of the molecule is CCN(CC)CCCC(C)Nc1c(C)cnc2cc(Br)ccc12. The molecular weight excluding hydrogens is 350 g/mol. The van der Waals surface area contributed by atoms with Crippen LogP contribution in [0, 0.1) is 6.92 Å². The van der Waals surface area contributed by atoms with E-state index in [-0.39, 0.29) is 0 Å². The van der Waals surface area contributed by atoms with E-state index >= 15 is 0 Å². The van der Waals surface area contributed by atoms with Gasteiger partial charge in [-0.25, -0.2) is 0 Å². The third-order valence-electron chi connectivity index (χ3n) is 4.42. The molecule has 0 bridgehead atoms. The van der Waals surface area contributed by atoms with E-state index in [1.165, 1.54) is 36.0 Å². The van der Waals surface area contributed by atoms with Gasteiger partial charge in [-0.15, -0.1) is 0 Å². The fraction of sp³-hybridized carbons (Fsp3) is 0.526. The summed E-state index contributed by atoms with van der Waals surface area (Å²) in [6.07, 6.45) is 4.36. The van der Waals surface area contributed by atoms with Gasteiger partial charge in [0.05, 0.1) is 5.52 Å². The maximum absolute atomic E-state index is 4.54. The summed E-state index contributed by atoms with van der Waals surface area (Å²) in [6.45, 7) is 12.3. The van der Waals surface area contributed by atoms with Crippen LogP contribution < -0.4 is 5.32 Å². The molecule has 1 heterocycles. The third-order valence-corrected chi connectivity index (χ3v) is 4.91. The minimum Gasteiger partial charge on any atom is -0.382 e. The smallest absolute Gasteiger partial charge is 0.0734 e. The number of fused-ring (bicyclic) bond motifs is 1. The molecule has 0 aliphatic heterocycles. The van der Waals surface area contributed by atoms with Gasteiger partial charge in [-0.2, -0.15) is 0 Å². The van der Waals surface area contributed by atoms with Crippen LogP contribution in [0.5, 0.6) is 0 Å². The fourth-order valence-corrected chi connectivity index (χ4v) is 3.29. The Kier molecular flexibility index (Phi) is 6.85. The molecule has 1 aromatic carbocycles. The largest absolute Gasteiger partial charge is 0.382 e. The van der Waals surface area contributed by atoms with Crippen LogP contribution in [-0.4, -0.2) is 35.6 Å². The maximum Gasteiger partial charge on any atom is 0.0734 e. The average molecular weight is 378 g/mol. The molecule has 0 radical (unpaired) electrons. The van der Waals surface area contributed by atoms with Crippen LogP contribution in [0.3, 0.4) is 0 Å². The van der Waals surface area contributed by atoms with Gasteiger partial charge in [-0.05, 0) is 70.1 Å². The van der Waals surface area contributed by atoms with E-state index in [0.29, 0.717) is 6.04 Å². The van der Waals surface area contributed by atoms with E-state index in [0.717, 1.165) is 23.1 Å². The number of benzene rings is 1. The number of anilines is 1. The zero-order valence-electron chi connectivity index (χ0n) is 14.7. The van der Waals surface area contributed by atoms with Gasteiger partial charge in [0.15, 0.2) is 0 Å². The van der Waals surface area contributed by atoms with Crippen LogP contribution in [0.2, 0.25) is 0 Å². The molecule has 0 saturated carbocycles. The Morgan fingerprint density at radius 3 is 2.70 bits per heavy atom. The molecule has 4 heteroatoms. The summed E-state index contributed by atoms with van der Waals surface area (Å²) in [5.74, 6) is 0. The molecule has 2 rings (SSSR count). The van der Waals surface area contributed by atoms with Crippen LogP contribution in [-0.2, 0) is 0 Å². The predicted octanol–water partition coefficient (Wildman–Crippen LogP) is 5.23. The first-order valence-electron chi connectivity index (χ1n) is 8.58. The highest BCUT2D eigenvalue weighted by molar-refractivity contribution is 9.10. The Bertz CT molecular complexity index is 638. The summed E-state index contributed by atoms with van der Waals surface area (Å²) in [5.41, 5.74) is 3.45. The van der Waals surface area contributed by atoms with Crippen molar-refractivity contribution in [3.63, 3.8) is 0 Å². The number of hydrogen-bond donors (Lipinski definition) is 1. The first-order chi connectivity index (χ1) is 11.0. The van der Waals surface area contributed by atoms with Crippen LogP contribution in [0.15, 0.2) is 28.9 Å². The van der Waals surface area contributed by atoms with Gasteiger partial charge in [0.2, 0.25) is 0 Å². The van der Waals surface area contributed by atoms with Crippen molar-refractivity contribution >= 4 is 32.5 Å².